The Hall–Kier alpha value is -4.12. The van der Waals surface area contributed by atoms with Crippen molar-refractivity contribution in [3.05, 3.63) is 0 Å². The lowest BCUT2D eigenvalue weighted by Gasteiger charge is -2.23. The second-order valence-corrected chi connectivity index (χ2v) is 20.9. The molecule has 0 fully saturated rings. The molecule has 0 aliphatic rings. The van der Waals surface area contributed by atoms with Crippen molar-refractivity contribution >= 4 is 41.5 Å². The molecule has 18 heteroatoms. The van der Waals surface area contributed by atoms with Crippen LogP contribution in [0.3, 0.4) is 0 Å². The molecular formula is C58H111F3N8O7. The van der Waals surface area contributed by atoms with Gasteiger partial charge >= 0.3 is 12.1 Å². The van der Waals surface area contributed by atoms with Gasteiger partial charge in [-0.25, -0.2) is 4.79 Å². The number of rotatable bonds is 53. The number of carbonyl (C=O) groups excluding carboxylic acids is 5. The quantitative estimate of drug-likeness (QED) is 0.0173. The molecule has 1 atom stereocenters. The molecule has 0 aliphatic carbocycles. The van der Waals surface area contributed by atoms with Crippen LogP contribution < -0.4 is 33.2 Å². The number of unbranched alkanes of at least 4 members (excludes halogenated alkanes) is 32. The largest absolute Gasteiger partial charge is 0.490 e. The summed E-state index contributed by atoms with van der Waals surface area (Å²) in [4.78, 5) is 77.8. The van der Waals surface area contributed by atoms with Crippen molar-refractivity contribution in [2.24, 2.45) is 22.2 Å². The molecule has 0 unspecified atom stereocenters. The summed E-state index contributed by atoms with van der Waals surface area (Å²) in [6.45, 7) is 6.60. The topological polar surface area (TPSA) is 252 Å². The molecule has 0 aromatic heterocycles. The summed E-state index contributed by atoms with van der Waals surface area (Å²) in [6, 6.07) is -0.891. The van der Waals surface area contributed by atoms with Gasteiger partial charge in [-0.1, -0.05) is 219 Å². The highest BCUT2D eigenvalue weighted by Gasteiger charge is 2.38. The van der Waals surface area contributed by atoms with E-state index >= 15 is 0 Å². The average molecular weight is 1090 g/mol. The van der Waals surface area contributed by atoms with E-state index in [2.05, 4.69) is 34.8 Å². The minimum Gasteiger partial charge on any atom is -0.475 e. The Labute approximate surface area is 458 Å². The smallest absolute Gasteiger partial charge is 0.475 e. The number of amides is 5. The summed E-state index contributed by atoms with van der Waals surface area (Å²) in [5.41, 5.74) is 16.2. The molecule has 5 amide bonds. The number of carboxylic acids is 1. The van der Waals surface area contributed by atoms with Crippen LogP contribution >= 0.6 is 0 Å². The van der Waals surface area contributed by atoms with E-state index in [1.807, 2.05) is 0 Å². The molecular weight excluding hydrogens is 978 g/mol. The predicted octanol–water partition coefficient (Wildman–Crippen LogP) is 12.3. The minimum atomic E-state index is -5.08. The van der Waals surface area contributed by atoms with E-state index in [-0.39, 0.29) is 42.9 Å². The number of nitrogens with two attached hydrogens (primary N) is 3. The number of aliphatic imine (C=N–C) groups is 1. The highest BCUT2D eigenvalue weighted by molar-refractivity contribution is 5.88. The van der Waals surface area contributed by atoms with Crippen molar-refractivity contribution in [1.82, 2.24) is 20.9 Å². The summed E-state index contributed by atoms with van der Waals surface area (Å²) < 4.78 is 31.7. The summed E-state index contributed by atoms with van der Waals surface area (Å²) in [7, 11) is 0. The van der Waals surface area contributed by atoms with Crippen molar-refractivity contribution in [2.45, 2.75) is 296 Å². The van der Waals surface area contributed by atoms with Gasteiger partial charge in [0, 0.05) is 58.4 Å². The third-order valence-corrected chi connectivity index (χ3v) is 13.7. The van der Waals surface area contributed by atoms with Crippen molar-refractivity contribution in [1.29, 1.82) is 0 Å². The number of carboxylic acid groups (broad SMARTS) is 1. The van der Waals surface area contributed by atoms with Crippen molar-refractivity contribution in [3.8, 4) is 0 Å². The summed E-state index contributed by atoms with van der Waals surface area (Å²) in [5.74, 6) is -4.04. The maximum Gasteiger partial charge on any atom is 0.490 e. The number of halogens is 3. The normalized spacial score (nSPS) is 11.5. The fourth-order valence-corrected chi connectivity index (χ4v) is 8.99. The van der Waals surface area contributed by atoms with Gasteiger partial charge in [0.2, 0.25) is 29.5 Å². The summed E-state index contributed by atoms with van der Waals surface area (Å²) in [5, 5.41) is 15.8. The Kier molecular flexibility index (Phi) is 52.8. The number of nitrogens with zero attached hydrogens (tertiary/aromatic N) is 2. The van der Waals surface area contributed by atoms with Gasteiger partial charge in [-0.2, -0.15) is 13.2 Å². The van der Waals surface area contributed by atoms with Gasteiger partial charge in [0.05, 0.1) is 0 Å². The van der Waals surface area contributed by atoms with Crippen LogP contribution in [-0.2, 0) is 28.8 Å². The molecule has 0 bridgehead atoms. The highest BCUT2D eigenvalue weighted by atomic mass is 19.4. The summed E-state index contributed by atoms with van der Waals surface area (Å²) in [6.07, 6.45) is 42.0. The van der Waals surface area contributed by atoms with E-state index < -0.39 is 30.0 Å². The fraction of sp³-hybridized carbons (Fsp3) is 0.879. The number of carbonyl (C=O) groups is 6. The number of primary amides is 1. The number of guanidine groups is 1. The van der Waals surface area contributed by atoms with Crippen molar-refractivity contribution in [2.75, 3.05) is 32.7 Å². The second-order valence-electron chi connectivity index (χ2n) is 20.9. The monoisotopic (exact) mass is 1090 g/mol. The highest BCUT2D eigenvalue weighted by Crippen LogP contribution is 2.17. The van der Waals surface area contributed by atoms with Gasteiger partial charge in [0.25, 0.3) is 0 Å². The molecule has 0 spiro atoms. The third-order valence-electron chi connectivity index (χ3n) is 13.7. The first-order valence-electron chi connectivity index (χ1n) is 30.3. The number of nitrogens with one attached hydrogen (secondary N) is 3. The Morgan fingerprint density at radius 1 is 0.461 bits per heavy atom. The first kappa shape index (κ1) is 74.0. The van der Waals surface area contributed by atoms with Crippen LogP contribution in [0.2, 0.25) is 0 Å². The lowest BCUT2D eigenvalue weighted by atomic mass is 10.0. The van der Waals surface area contributed by atoms with Gasteiger partial charge in [0.15, 0.2) is 5.96 Å². The van der Waals surface area contributed by atoms with Crippen LogP contribution in [0.25, 0.3) is 0 Å². The van der Waals surface area contributed by atoms with Gasteiger partial charge in [0.1, 0.15) is 6.04 Å². The van der Waals surface area contributed by atoms with Gasteiger partial charge in [-0.3, -0.25) is 29.0 Å². The average Bonchev–Trinajstić information content (AvgIpc) is 3.37. The third kappa shape index (κ3) is 54.7. The van der Waals surface area contributed by atoms with Crippen LogP contribution in [0.4, 0.5) is 13.2 Å². The zero-order valence-electron chi connectivity index (χ0n) is 48.0. The Bertz CT molecular complexity index is 1410. The Balaban J connectivity index is 0. The van der Waals surface area contributed by atoms with E-state index in [0.717, 1.165) is 25.7 Å². The predicted molar refractivity (Wildman–Crippen MR) is 303 cm³/mol. The molecule has 0 radical (unpaired) electrons. The van der Waals surface area contributed by atoms with Crippen molar-refractivity contribution < 1.29 is 47.0 Å². The molecule has 0 saturated heterocycles. The fourth-order valence-electron chi connectivity index (χ4n) is 8.99. The SMILES string of the molecule is CCCCCCCCCCCCCCCCCCCC(=O)NCCCN(CCCNC(=O)CCCCCCCCCCCCCCCCCCC)C(=O)CCC(=O)N[C@@H](CCCN=C(N)N)C(N)=O.O=C(O)C(F)(F)F. The molecule has 15 nitrogen and oxygen atoms in total. The minimum absolute atomic E-state index is 0.0371. The lowest BCUT2D eigenvalue weighted by Crippen LogP contribution is -2.45. The molecule has 0 aromatic rings. The van der Waals surface area contributed by atoms with E-state index in [1.165, 1.54) is 193 Å². The summed E-state index contributed by atoms with van der Waals surface area (Å²) >= 11 is 0. The van der Waals surface area contributed by atoms with Crippen LogP contribution in [0.5, 0.6) is 0 Å². The van der Waals surface area contributed by atoms with E-state index in [0.29, 0.717) is 64.8 Å². The van der Waals surface area contributed by atoms with E-state index in [1.54, 1.807) is 4.90 Å². The van der Waals surface area contributed by atoms with Gasteiger partial charge in [-0.05, 0) is 38.5 Å². The number of hydrogen-bond donors (Lipinski definition) is 7. The number of hydrogen-bond acceptors (Lipinski definition) is 7. The maximum atomic E-state index is 13.4. The standard InChI is InChI=1S/C56H110N8O5.C2HF3O2/c1-3-5-7-9-11-13-15-17-19-21-23-25-27-29-31-33-35-41-51(65)60-46-38-48-64(54(68)44-43-53(67)63-50(55(57)69)40-37-45-62-56(58)59)49-39-47-61-52(66)42-36-34-32-30-28-26-24-22-20-18-16-14-12-10-8-6-4-2;3-2(4,5)1(6)7/h50H,3-49H2,1-2H3,(H2,57,69)(H,60,65)(H,61,66)(H,63,67)(H4,58,59,62);(H,6,7)/t50-;/m0./s1. The molecule has 0 saturated carbocycles. The zero-order valence-corrected chi connectivity index (χ0v) is 48.0. The molecule has 0 rings (SSSR count). The van der Waals surface area contributed by atoms with Gasteiger partial charge in [-0.15, -0.1) is 0 Å². The van der Waals surface area contributed by atoms with E-state index in [9.17, 15) is 37.1 Å². The zero-order chi connectivity index (χ0) is 56.8. The van der Waals surface area contributed by atoms with Crippen LogP contribution in [0.15, 0.2) is 4.99 Å². The number of alkyl halides is 3. The Morgan fingerprint density at radius 3 is 1.07 bits per heavy atom. The molecule has 10 N–H and O–H groups in total. The van der Waals surface area contributed by atoms with E-state index in [4.69, 9.17) is 27.1 Å². The first-order valence-corrected chi connectivity index (χ1v) is 30.3. The first-order chi connectivity index (χ1) is 36.5. The second kappa shape index (κ2) is 54.2. The molecule has 76 heavy (non-hydrogen) atoms. The lowest BCUT2D eigenvalue weighted by molar-refractivity contribution is -0.192. The van der Waals surface area contributed by atoms with Crippen LogP contribution in [-0.4, -0.2) is 96.4 Å². The maximum absolute atomic E-state index is 13.4. The van der Waals surface area contributed by atoms with Gasteiger partial charge < -0.3 is 43.2 Å². The van der Waals surface area contributed by atoms with Crippen LogP contribution in [0, 0.1) is 0 Å². The number of aliphatic carboxylic acids is 1. The van der Waals surface area contributed by atoms with Crippen LogP contribution in [0.1, 0.15) is 284 Å². The van der Waals surface area contributed by atoms with Crippen molar-refractivity contribution in [3.63, 3.8) is 0 Å². The molecule has 0 heterocycles. The Morgan fingerprint density at radius 2 is 0.776 bits per heavy atom. The molecule has 446 valence electrons. The molecule has 0 aromatic carbocycles. The molecule has 0 aliphatic heterocycles.